The Kier molecular flexibility index (Phi) is 3.49. The zero-order valence-electron chi connectivity index (χ0n) is 8.41. The molecule has 0 N–H and O–H groups in total. The largest absolute Gasteiger partial charge is 0.487 e. The molecule has 1 atom stereocenters. The fourth-order valence-electron chi connectivity index (χ4n) is 1.65. The van der Waals surface area contributed by atoms with Crippen molar-refractivity contribution in [2.24, 2.45) is 0 Å². The molecule has 1 aliphatic heterocycles. The lowest BCUT2D eigenvalue weighted by molar-refractivity contribution is 0.207. The Hall–Kier alpha value is -0.320. The van der Waals surface area contributed by atoms with E-state index in [-0.39, 0.29) is 6.10 Å². The second kappa shape index (κ2) is 4.68. The van der Waals surface area contributed by atoms with E-state index < -0.39 is 0 Å². The first-order chi connectivity index (χ1) is 7.15. The van der Waals surface area contributed by atoms with Crippen LogP contribution in [0.1, 0.15) is 6.42 Å². The molecule has 0 amide bonds. The molecule has 0 saturated carbocycles. The number of likely N-dealkylation sites (N-methyl/N-ethyl adjacent to an activating group) is 1. The highest BCUT2D eigenvalue weighted by molar-refractivity contribution is 9.10. The zero-order valence-corrected chi connectivity index (χ0v) is 10.8. The van der Waals surface area contributed by atoms with E-state index >= 15 is 0 Å². The van der Waals surface area contributed by atoms with E-state index in [1.54, 1.807) is 6.20 Å². The molecule has 0 unspecified atom stereocenters. The third-order valence-electron chi connectivity index (χ3n) is 2.42. The van der Waals surface area contributed by atoms with Gasteiger partial charge in [0.25, 0.3) is 0 Å². The zero-order chi connectivity index (χ0) is 10.8. The van der Waals surface area contributed by atoms with Gasteiger partial charge in [0.2, 0.25) is 0 Å². The number of nitrogens with zero attached hydrogens (tertiary/aromatic N) is 2. The molecular weight excluding hydrogens is 279 g/mol. The molecule has 15 heavy (non-hydrogen) atoms. The summed E-state index contributed by atoms with van der Waals surface area (Å²) in [4.78, 5) is 6.27. The summed E-state index contributed by atoms with van der Waals surface area (Å²) in [5.74, 6) is 0.770. The van der Waals surface area contributed by atoms with Crippen molar-refractivity contribution in [2.45, 2.75) is 12.5 Å². The minimum absolute atomic E-state index is 0.268. The Morgan fingerprint density at radius 2 is 2.47 bits per heavy atom. The van der Waals surface area contributed by atoms with Crippen molar-refractivity contribution in [2.75, 3.05) is 20.1 Å². The van der Waals surface area contributed by atoms with Crippen molar-refractivity contribution >= 4 is 27.5 Å². The van der Waals surface area contributed by atoms with Gasteiger partial charge < -0.3 is 9.64 Å². The number of halogens is 2. The summed E-state index contributed by atoms with van der Waals surface area (Å²) in [5, 5.41) is 0.464. The number of hydrogen-bond acceptors (Lipinski definition) is 3. The van der Waals surface area contributed by atoms with E-state index in [1.807, 2.05) is 6.07 Å². The van der Waals surface area contributed by atoms with Crippen LogP contribution in [-0.2, 0) is 0 Å². The number of rotatable bonds is 2. The Morgan fingerprint density at radius 3 is 3.07 bits per heavy atom. The fourth-order valence-corrected chi connectivity index (χ4v) is 2.08. The fraction of sp³-hybridized carbons (Fsp3) is 0.500. The Bertz CT molecular complexity index is 361. The lowest BCUT2D eigenvalue weighted by Crippen LogP contribution is -2.21. The second-order valence-electron chi connectivity index (χ2n) is 3.73. The second-order valence-corrected chi connectivity index (χ2v) is 4.95. The molecule has 2 rings (SSSR count). The van der Waals surface area contributed by atoms with Gasteiger partial charge in [-0.15, -0.1) is 0 Å². The van der Waals surface area contributed by atoms with Gasteiger partial charge in [-0.25, -0.2) is 4.98 Å². The summed E-state index contributed by atoms with van der Waals surface area (Å²) in [5.41, 5.74) is 0. The average molecular weight is 292 g/mol. The predicted octanol–water partition coefficient (Wildman–Crippen LogP) is 2.58. The molecule has 0 spiro atoms. The molecule has 1 saturated heterocycles. The summed E-state index contributed by atoms with van der Waals surface area (Å²) in [6.07, 6.45) is 2.99. The molecule has 5 heteroatoms. The smallest absolute Gasteiger partial charge is 0.143 e. The standard InChI is InChI=1S/C10H12BrClN2O/c1-14-3-2-7(6-14)15-8-4-9(11)10(12)13-5-8/h4-5,7H,2-3,6H2,1H3/t7-/m0/s1. The van der Waals surface area contributed by atoms with Crippen molar-refractivity contribution in [3.05, 3.63) is 21.9 Å². The van der Waals surface area contributed by atoms with Gasteiger partial charge in [0.05, 0.1) is 10.7 Å². The molecule has 0 aromatic carbocycles. The Morgan fingerprint density at radius 1 is 1.67 bits per heavy atom. The predicted molar refractivity (Wildman–Crippen MR) is 63.5 cm³/mol. The van der Waals surface area contributed by atoms with Crippen LogP contribution >= 0.6 is 27.5 Å². The molecular formula is C10H12BrClN2O. The molecule has 2 heterocycles. The molecule has 1 aromatic rings. The van der Waals surface area contributed by atoms with E-state index in [0.29, 0.717) is 5.15 Å². The number of pyridine rings is 1. The molecule has 82 valence electrons. The normalized spacial score (nSPS) is 21.9. The van der Waals surface area contributed by atoms with Crippen LogP contribution in [-0.4, -0.2) is 36.1 Å². The van der Waals surface area contributed by atoms with Crippen LogP contribution < -0.4 is 4.74 Å². The van der Waals surface area contributed by atoms with E-state index in [1.165, 1.54) is 0 Å². The van der Waals surface area contributed by atoms with Crippen LogP contribution in [0.3, 0.4) is 0 Å². The van der Waals surface area contributed by atoms with Crippen LogP contribution in [0.5, 0.6) is 5.75 Å². The van der Waals surface area contributed by atoms with E-state index in [2.05, 4.69) is 32.9 Å². The summed E-state index contributed by atoms with van der Waals surface area (Å²) < 4.78 is 6.56. The lowest BCUT2D eigenvalue weighted by Gasteiger charge is -2.13. The summed E-state index contributed by atoms with van der Waals surface area (Å²) in [6, 6.07) is 1.85. The minimum Gasteiger partial charge on any atom is -0.487 e. The SMILES string of the molecule is CN1CC[C@H](Oc2cnc(Cl)c(Br)c2)C1. The molecule has 1 aliphatic rings. The van der Waals surface area contributed by atoms with Gasteiger partial charge in [0.15, 0.2) is 0 Å². The highest BCUT2D eigenvalue weighted by atomic mass is 79.9. The van der Waals surface area contributed by atoms with Gasteiger partial charge in [-0.2, -0.15) is 0 Å². The van der Waals surface area contributed by atoms with Crippen molar-refractivity contribution in [3.8, 4) is 5.75 Å². The van der Waals surface area contributed by atoms with Crippen LogP contribution in [0.2, 0.25) is 5.15 Å². The Balaban J connectivity index is 2.02. The lowest BCUT2D eigenvalue weighted by atomic mass is 10.3. The van der Waals surface area contributed by atoms with Crippen LogP contribution in [0, 0.1) is 0 Å². The molecule has 1 aromatic heterocycles. The molecule has 1 fully saturated rings. The molecule has 0 bridgehead atoms. The summed E-state index contributed by atoms with van der Waals surface area (Å²) in [7, 11) is 2.10. The molecule has 0 aliphatic carbocycles. The first-order valence-corrected chi connectivity index (χ1v) is 5.98. The van der Waals surface area contributed by atoms with Crippen LogP contribution in [0.15, 0.2) is 16.7 Å². The molecule has 0 radical (unpaired) electrons. The quantitative estimate of drug-likeness (QED) is 0.783. The maximum atomic E-state index is 5.80. The first-order valence-electron chi connectivity index (χ1n) is 4.81. The van der Waals surface area contributed by atoms with Crippen LogP contribution in [0.25, 0.3) is 0 Å². The van der Waals surface area contributed by atoms with Gasteiger partial charge in [0.1, 0.15) is 17.0 Å². The maximum Gasteiger partial charge on any atom is 0.143 e. The number of aromatic nitrogens is 1. The van der Waals surface area contributed by atoms with Crippen molar-refractivity contribution in [1.29, 1.82) is 0 Å². The topological polar surface area (TPSA) is 25.4 Å². The monoisotopic (exact) mass is 290 g/mol. The first kappa shape index (κ1) is 11.2. The highest BCUT2D eigenvalue weighted by Crippen LogP contribution is 2.25. The van der Waals surface area contributed by atoms with E-state index in [4.69, 9.17) is 16.3 Å². The van der Waals surface area contributed by atoms with Crippen molar-refractivity contribution in [1.82, 2.24) is 9.88 Å². The number of ether oxygens (including phenoxy) is 1. The van der Waals surface area contributed by atoms with Gasteiger partial charge in [-0.05, 0) is 35.5 Å². The highest BCUT2D eigenvalue weighted by Gasteiger charge is 2.21. The van der Waals surface area contributed by atoms with Gasteiger partial charge in [-0.1, -0.05) is 11.6 Å². The maximum absolute atomic E-state index is 5.80. The number of hydrogen-bond donors (Lipinski definition) is 0. The van der Waals surface area contributed by atoms with Gasteiger partial charge in [0, 0.05) is 13.1 Å². The summed E-state index contributed by atoms with van der Waals surface area (Å²) in [6.45, 7) is 2.06. The summed E-state index contributed by atoms with van der Waals surface area (Å²) >= 11 is 9.12. The Labute approximate surface area is 103 Å². The minimum atomic E-state index is 0.268. The van der Waals surface area contributed by atoms with Crippen molar-refractivity contribution in [3.63, 3.8) is 0 Å². The third-order valence-corrected chi connectivity index (χ3v) is 3.56. The molecule has 3 nitrogen and oxygen atoms in total. The van der Waals surface area contributed by atoms with E-state index in [0.717, 1.165) is 29.7 Å². The average Bonchev–Trinajstić information content (AvgIpc) is 2.58. The van der Waals surface area contributed by atoms with Gasteiger partial charge >= 0.3 is 0 Å². The van der Waals surface area contributed by atoms with Gasteiger partial charge in [-0.3, -0.25) is 0 Å². The number of likely N-dealkylation sites (tertiary alicyclic amines) is 1. The van der Waals surface area contributed by atoms with Crippen molar-refractivity contribution < 1.29 is 4.74 Å². The van der Waals surface area contributed by atoms with Crippen LogP contribution in [0.4, 0.5) is 0 Å². The third kappa shape index (κ3) is 2.83. The van der Waals surface area contributed by atoms with E-state index in [9.17, 15) is 0 Å².